The molecule has 26 heavy (non-hydrogen) atoms. The molecule has 0 fully saturated rings. The van der Waals surface area contributed by atoms with E-state index in [1.54, 1.807) is 11.3 Å². The lowest BCUT2D eigenvalue weighted by Gasteiger charge is -2.18. The highest BCUT2D eigenvalue weighted by atomic mass is 32.1. The Morgan fingerprint density at radius 1 is 0.962 bits per heavy atom. The minimum atomic E-state index is 0.0803. The molecule has 3 heteroatoms. The largest absolute Gasteiger partial charge is 0.288 e. The van der Waals surface area contributed by atoms with Crippen molar-refractivity contribution in [3.8, 4) is 11.1 Å². The third-order valence-electron chi connectivity index (χ3n) is 4.82. The van der Waals surface area contributed by atoms with Crippen LogP contribution in [0.1, 0.15) is 30.9 Å². The smallest absolute Gasteiger partial charge is 0.196 e. The van der Waals surface area contributed by atoms with Crippen molar-refractivity contribution in [2.45, 2.75) is 31.6 Å². The van der Waals surface area contributed by atoms with Gasteiger partial charge in [-0.25, -0.2) is 0 Å². The molecular formula is C23H20OS2. The number of aryl methyl sites for hydroxylation is 1. The third-order valence-corrected chi connectivity index (χ3v) is 6.40. The molecule has 0 aliphatic heterocycles. The van der Waals surface area contributed by atoms with E-state index in [0.717, 1.165) is 30.6 Å². The third kappa shape index (κ3) is 2.76. The van der Waals surface area contributed by atoms with Gasteiger partial charge in [-0.1, -0.05) is 55.8 Å². The van der Waals surface area contributed by atoms with Gasteiger partial charge in [0.2, 0.25) is 0 Å². The number of rotatable bonds is 2. The van der Waals surface area contributed by atoms with Crippen LogP contribution in [0.3, 0.4) is 0 Å². The molecule has 1 heterocycles. The molecule has 0 atom stereocenters. The molecule has 3 aromatic carbocycles. The first kappa shape index (κ1) is 17.3. The normalized spacial score (nSPS) is 11.6. The molecule has 0 aliphatic rings. The monoisotopic (exact) mass is 376 g/mol. The summed E-state index contributed by atoms with van der Waals surface area (Å²) in [5.41, 5.74) is 4.80. The maximum Gasteiger partial charge on any atom is 0.196 e. The highest BCUT2D eigenvalue weighted by Crippen LogP contribution is 2.40. The maximum absolute atomic E-state index is 13.1. The number of fused-ring (bicyclic) bond motifs is 2. The Morgan fingerprint density at radius 2 is 1.65 bits per heavy atom. The minimum Gasteiger partial charge on any atom is -0.288 e. The Morgan fingerprint density at radius 3 is 2.35 bits per heavy atom. The molecule has 0 saturated carbocycles. The summed E-state index contributed by atoms with van der Waals surface area (Å²) in [6.45, 7) is 6.41. The Hall–Kier alpha value is -2.10. The van der Waals surface area contributed by atoms with Gasteiger partial charge in [0.15, 0.2) is 5.43 Å². The summed E-state index contributed by atoms with van der Waals surface area (Å²) in [4.78, 5) is 14.0. The van der Waals surface area contributed by atoms with Gasteiger partial charge in [-0.05, 0) is 47.7 Å². The predicted octanol–water partition coefficient (Wildman–Crippen LogP) is 6.80. The second-order valence-corrected chi connectivity index (χ2v) is 8.54. The van der Waals surface area contributed by atoms with E-state index >= 15 is 0 Å². The van der Waals surface area contributed by atoms with Crippen LogP contribution in [0.25, 0.3) is 31.3 Å². The topological polar surface area (TPSA) is 17.1 Å². The van der Waals surface area contributed by atoms with Gasteiger partial charge >= 0.3 is 0 Å². The second kappa shape index (κ2) is 6.57. The van der Waals surface area contributed by atoms with Crippen molar-refractivity contribution in [1.82, 2.24) is 0 Å². The molecule has 0 amide bonds. The fourth-order valence-electron chi connectivity index (χ4n) is 3.51. The molecule has 0 saturated heterocycles. The van der Waals surface area contributed by atoms with Gasteiger partial charge in [-0.3, -0.25) is 4.79 Å². The first-order valence-corrected chi connectivity index (χ1v) is 10.0. The molecule has 0 spiro atoms. The SMILES string of the molecule is Cc1ccc(-c2cc3sc4ccccc4c(=O)c3c(S)c2C(C)C)cc1. The predicted molar refractivity (Wildman–Crippen MR) is 117 cm³/mol. The van der Waals surface area contributed by atoms with E-state index in [0.29, 0.717) is 0 Å². The highest BCUT2D eigenvalue weighted by molar-refractivity contribution is 7.80. The summed E-state index contributed by atoms with van der Waals surface area (Å²) in [6, 6.07) is 18.6. The van der Waals surface area contributed by atoms with Crippen molar-refractivity contribution in [3.63, 3.8) is 0 Å². The van der Waals surface area contributed by atoms with Crippen molar-refractivity contribution in [2.24, 2.45) is 0 Å². The lowest BCUT2D eigenvalue weighted by atomic mass is 9.90. The van der Waals surface area contributed by atoms with E-state index in [-0.39, 0.29) is 11.3 Å². The maximum atomic E-state index is 13.1. The van der Waals surface area contributed by atoms with Crippen LogP contribution < -0.4 is 5.43 Å². The van der Waals surface area contributed by atoms with Crippen molar-refractivity contribution in [2.75, 3.05) is 0 Å². The summed E-state index contributed by atoms with van der Waals surface area (Å²) in [5.74, 6) is 0.277. The van der Waals surface area contributed by atoms with Crippen LogP contribution in [-0.4, -0.2) is 0 Å². The molecule has 4 aromatic rings. The van der Waals surface area contributed by atoms with Crippen molar-refractivity contribution in [1.29, 1.82) is 0 Å². The van der Waals surface area contributed by atoms with Crippen molar-refractivity contribution >= 4 is 44.1 Å². The average molecular weight is 377 g/mol. The summed E-state index contributed by atoms with van der Waals surface area (Å²) in [7, 11) is 0. The Labute approximate surface area is 162 Å². The van der Waals surface area contributed by atoms with Crippen LogP contribution in [0.4, 0.5) is 0 Å². The van der Waals surface area contributed by atoms with E-state index in [1.165, 1.54) is 16.7 Å². The second-order valence-electron chi connectivity index (χ2n) is 7.01. The van der Waals surface area contributed by atoms with Gasteiger partial charge in [0.25, 0.3) is 0 Å². The van der Waals surface area contributed by atoms with E-state index in [1.807, 2.05) is 24.3 Å². The van der Waals surface area contributed by atoms with Gasteiger partial charge in [-0.15, -0.1) is 24.0 Å². The molecule has 130 valence electrons. The van der Waals surface area contributed by atoms with Crippen molar-refractivity contribution in [3.05, 3.63) is 75.9 Å². The Kier molecular flexibility index (Phi) is 4.37. The fraction of sp³-hybridized carbons (Fsp3) is 0.174. The van der Waals surface area contributed by atoms with Crippen LogP contribution in [-0.2, 0) is 0 Å². The van der Waals surface area contributed by atoms with E-state index in [2.05, 4.69) is 51.1 Å². The quantitative estimate of drug-likeness (QED) is 0.301. The average Bonchev–Trinajstić information content (AvgIpc) is 2.61. The van der Waals surface area contributed by atoms with Crippen LogP contribution in [0.15, 0.2) is 64.3 Å². The first-order chi connectivity index (χ1) is 12.5. The molecule has 0 radical (unpaired) electrons. The highest BCUT2D eigenvalue weighted by Gasteiger charge is 2.18. The Balaban J connectivity index is 2.16. The summed E-state index contributed by atoms with van der Waals surface area (Å²) in [5, 5.41) is 1.52. The zero-order valence-electron chi connectivity index (χ0n) is 15.0. The zero-order chi connectivity index (χ0) is 18.4. The number of thiol groups is 1. The van der Waals surface area contributed by atoms with Gasteiger partial charge < -0.3 is 0 Å². The Bertz CT molecular complexity index is 1180. The molecule has 1 nitrogen and oxygen atoms in total. The van der Waals surface area contributed by atoms with Gasteiger partial charge in [0, 0.05) is 19.7 Å². The van der Waals surface area contributed by atoms with Gasteiger partial charge in [-0.2, -0.15) is 0 Å². The number of hydrogen-bond donors (Lipinski definition) is 1. The molecular weight excluding hydrogens is 356 g/mol. The summed E-state index contributed by atoms with van der Waals surface area (Å²) < 4.78 is 2.02. The lowest BCUT2D eigenvalue weighted by molar-refractivity contribution is 0.850. The van der Waals surface area contributed by atoms with Crippen LogP contribution in [0.5, 0.6) is 0 Å². The standard InChI is InChI=1S/C23H20OS2/c1-13(2)20-17(15-10-8-14(3)9-11-15)12-19-21(23(20)25)22(24)16-6-4-5-7-18(16)26-19/h4-13,25H,1-3H3. The van der Waals surface area contributed by atoms with E-state index < -0.39 is 0 Å². The van der Waals surface area contributed by atoms with Crippen LogP contribution in [0.2, 0.25) is 0 Å². The molecule has 0 aliphatic carbocycles. The van der Waals surface area contributed by atoms with Crippen LogP contribution >= 0.6 is 24.0 Å². The molecule has 0 unspecified atom stereocenters. The van der Waals surface area contributed by atoms with Gasteiger partial charge in [0.1, 0.15) is 0 Å². The van der Waals surface area contributed by atoms with E-state index in [4.69, 9.17) is 12.6 Å². The zero-order valence-corrected chi connectivity index (χ0v) is 16.7. The lowest BCUT2D eigenvalue weighted by Crippen LogP contribution is -2.05. The van der Waals surface area contributed by atoms with Crippen molar-refractivity contribution < 1.29 is 0 Å². The van der Waals surface area contributed by atoms with Crippen LogP contribution in [0, 0.1) is 6.92 Å². The first-order valence-electron chi connectivity index (χ1n) is 8.76. The summed E-state index contributed by atoms with van der Waals surface area (Å²) in [6.07, 6.45) is 0. The van der Waals surface area contributed by atoms with Gasteiger partial charge in [0.05, 0.1) is 5.39 Å². The fourth-order valence-corrected chi connectivity index (χ4v) is 5.32. The molecule has 0 N–H and O–H groups in total. The number of benzene rings is 3. The number of hydrogen-bond acceptors (Lipinski definition) is 3. The summed E-state index contributed by atoms with van der Waals surface area (Å²) >= 11 is 6.51. The molecule has 1 aromatic heterocycles. The molecule has 4 rings (SSSR count). The molecule has 0 bridgehead atoms. The minimum absolute atomic E-state index is 0.0803. The van der Waals surface area contributed by atoms with E-state index in [9.17, 15) is 4.79 Å².